The van der Waals surface area contributed by atoms with E-state index in [2.05, 4.69) is 16.9 Å². The van der Waals surface area contributed by atoms with E-state index < -0.39 is 0 Å². The van der Waals surface area contributed by atoms with Crippen LogP contribution in [0.4, 0.5) is 0 Å². The van der Waals surface area contributed by atoms with E-state index in [1.807, 2.05) is 36.4 Å². The summed E-state index contributed by atoms with van der Waals surface area (Å²) in [6, 6.07) is 11.7. The minimum absolute atomic E-state index is 0.00120. The van der Waals surface area contributed by atoms with E-state index >= 15 is 0 Å². The fourth-order valence-electron chi connectivity index (χ4n) is 3.56. The Hall–Kier alpha value is -2.08. The van der Waals surface area contributed by atoms with Gasteiger partial charge < -0.3 is 9.84 Å². The number of aromatic nitrogens is 3. The maximum absolute atomic E-state index is 9.35. The summed E-state index contributed by atoms with van der Waals surface area (Å²) in [5, 5.41) is 10.5. The van der Waals surface area contributed by atoms with Gasteiger partial charge in [0.15, 0.2) is 5.65 Å². The van der Waals surface area contributed by atoms with Crippen molar-refractivity contribution in [2.24, 2.45) is 5.92 Å². The van der Waals surface area contributed by atoms with Crippen LogP contribution in [0, 0.1) is 5.92 Å². The number of fused-ring (bicyclic) bond motifs is 1. The monoisotopic (exact) mass is 369 g/mol. The molecule has 26 heavy (non-hydrogen) atoms. The van der Waals surface area contributed by atoms with Crippen molar-refractivity contribution in [2.75, 3.05) is 13.2 Å². The topological polar surface area (TPSA) is 68.1 Å². The second-order valence-corrected chi connectivity index (χ2v) is 7.09. The van der Waals surface area contributed by atoms with Crippen molar-refractivity contribution >= 4 is 22.6 Å². The highest BCUT2D eigenvalue weighted by Gasteiger charge is 2.27. The number of benzene rings is 1. The van der Waals surface area contributed by atoms with E-state index in [4.69, 9.17) is 21.3 Å². The maximum Gasteiger partial charge on any atom is 0.224 e. The summed E-state index contributed by atoms with van der Waals surface area (Å²) < 4.78 is 5.56. The summed E-state index contributed by atoms with van der Waals surface area (Å²) in [5.41, 5.74) is 4.15. The lowest BCUT2D eigenvalue weighted by atomic mass is 9.85. The van der Waals surface area contributed by atoms with Crippen molar-refractivity contribution in [3.63, 3.8) is 0 Å². The minimum atomic E-state index is 0.00120. The number of pyridine rings is 1. The molecular weight excluding hydrogens is 350 g/mol. The standard InChI is InChI=1S/C20H20ClN3O2/c1-12-11-26-8-7-15(12)18-16-5-6-17(22-19(16)24-20(21)23-18)14-4-2-3-13(9-14)10-25/h2-6,9,12,15,25H,7-8,10-11H2,1H3/t12-,15?/m0/s1. The number of halogens is 1. The van der Waals surface area contributed by atoms with E-state index in [0.29, 0.717) is 11.6 Å². The van der Waals surface area contributed by atoms with Gasteiger partial charge in [0.05, 0.1) is 18.0 Å². The third kappa shape index (κ3) is 3.30. The number of ether oxygens (including phenoxy) is 1. The average molecular weight is 370 g/mol. The van der Waals surface area contributed by atoms with Crippen LogP contribution in [0.5, 0.6) is 0 Å². The zero-order chi connectivity index (χ0) is 18.1. The van der Waals surface area contributed by atoms with Crippen LogP contribution in [0.25, 0.3) is 22.3 Å². The number of aliphatic hydroxyl groups excluding tert-OH is 1. The molecule has 2 atom stereocenters. The molecule has 1 unspecified atom stereocenters. The Morgan fingerprint density at radius 3 is 2.88 bits per heavy atom. The lowest BCUT2D eigenvalue weighted by molar-refractivity contribution is 0.0466. The Morgan fingerprint density at radius 2 is 2.08 bits per heavy atom. The molecular formula is C20H20ClN3O2. The van der Waals surface area contributed by atoms with Crippen LogP contribution in [0.2, 0.25) is 5.28 Å². The van der Waals surface area contributed by atoms with Crippen LogP contribution in [0.15, 0.2) is 36.4 Å². The van der Waals surface area contributed by atoms with Crippen molar-refractivity contribution in [1.82, 2.24) is 15.0 Å². The molecule has 134 valence electrons. The summed E-state index contributed by atoms with van der Waals surface area (Å²) in [4.78, 5) is 13.6. The first-order valence-electron chi connectivity index (χ1n) is 8.78. The average Bonchev–Trinajstić information content (AvgIpc) is 2.67. The Morgan fingerprint density at radius 1 is 1.19 bits per heavy atom. The van der Waals surface area contributed by atoms with Gasteiger partial charge in [-0.2, -0.15) is 4.98 Å². The normalized spacial score (nSPS) is 20.4. The molecule has 3 aromatic rings. The van der Waals surface area contributed by atoms with Crippen molar-refractivity contribution < 1.29 is 9.84 Å². The number of rotatable bonds is 3. The number of aliphatic hydroxyl groups is 1. The molecule has 0 saturated carbocycles. The van der Waals surface area contributed by atoms with Crippen LogP contribution >= 0.6 is 11.6 Å². The Bertz CT molecular complexity index is 947. The van der Waals surface area contributed by atoms with Crippen LogP contribution in [0.1, 0.15) is 30.5 Å². The Kier molecular flexibility index (Phi) is 4.85. The Labute approximate surface area is 157 Å². The maximum atomic E-state index is 9.35. The highest BCUT2D eigenvalue weighted by atomic mass is 35.5. The predicted molar refractivity (Wildman–Crippen MR) is 101 cm³/mol. The molecule has 0 radical (unpaired) electrons. The number of nitrogens with zero attached hydrogens (tertiary/aromatic N) is 3. The summed E-state index contributed by atoms with van der Waals surface area (Å²) in [6.07, 6.45) is 0.921. The smallest absolute Gasteiger partial charge is 0.224 e. The second kappa shape index (κ2) is 7.27. The summed E-state index contributed by atoms with van der Waals surface area (Å²) in [5.74, 6) is 0.663. The van der Waals surface area contributed by atoms with Gasteiger partial charge in [0.2, 0.25) is 5.28 Å². The van der Waals surface area contributed by atoms with Gasteiger partial charge in [0.1, 0.15) is 0 Å². The quantitative estimate of drug-likeness (QED) is 0.707. The summed E-state index contributed by atoms with van der Waals surface area (Å²) >= 11 is 6.21. The first-order valence-corrected chi connectivity index (χ1v) is 9.15. The fourth-order valence-corrected chi connectivity index (χ4v) is 3.74. The highest BCUT2D eigenvalue weighted by Crippen LogP contribution is 2.35. The molecule has 2 aromatic heterocycles. The van der Waals surface area contributed by atoms with Crippen molar-refractivity contribution in [1.29, 1.82) is 0 Å². The van der Waals surface area contributed by atoms with Gasteiger partial charge in [-0.3, -0.25) is 0 Å². The van der Waals surface area contributed by atoms with E-state index in [1.54, 1.807) is 0 Å². The molecule has 1 N–H and O–H groups in total. The van der Waals surface area contributed by atoms with Gasteiger partial charge in [0.25, 0.3) is 0 Å². The molecule has 1 aromatic carbocycles. The number of hydrogen-bond donors (Lipinski definition) is 1. The minimum Gasteiger partial charge on any atom is -0.392 e. The molecule has 4 rings (SSSR count). The van der Waals surface area contributed by atoms with Gasteiger partial charge in [-0.15, -0.1) is 0 Å². The predicted octanol–water partition coefficient (Wildman–Crippen LogP) is 3.98. The SMILES string of the molecule is C[C@H]1COCCC1c1nc(Cl)nc2nc(-c3cccc(CO)c3)ccc12. The number of hydrogen-bond acceptors (Lipinski definition) is 5. The van der Waals surface area contributed by atoms with Crippen molar-refractivity contribution in [3.8, 4) is 11.3 Å². The zero-order valence-electron chi connectivity index (χ0n) is 14.5. The molecule has 5 nitrogen and oxygen atoms in total. The largest absolute Gasteiger partial charge is 0.392 e. The van der Waals surface area contributed by atoms with Gasteiger partial charge in [-0.05, 0) is 47.7 Å². The molecule has 3 heterocycles. The molecule has 0 bridgehead atoms. The van der Waals surface area contributed by atoms with Crippen molar-refractivity contribution in [2.45, 2.75) is 25.9 Å². The summed E-state index contributed by atoms with van der Waals surface area (Å²) in [7, 11) is 0. The van der Waals surface area contributed by atoms with Gasteiger partial charge in [-0.25, -0.2) is 9.97 Å². The van der Waals surface area contributed by atoms with Gasteiger partial charge in [0, 0.05) is 30.1 Å². The molecule has 1 fully saturated rings. The third-order valence-corrected chi connectivity index (χ3v) is 5.13. The molecule has 1 aliphatic heterocycles. The Balaban J connectivity index is 1.81. The van der Waals surface area contributed by atoms with Crippen LogP contribution < -0.4 is 0 Å². The van der Waals surface area contributed by atoms with Crippen LogP contribution in [-0.4, -0.2) is 33.3 Å². The molecule has 0 aliphatic carbocycles. The fraction of sp³-hybridized carbons (Fsp3) is 0.350. The van der Waals surface area contributed by atoms with E-state index in [0.717, 1.165) is 47.5 Å². The lowest BCUT2D eigenvalue weighted by Gasteiger charge is -2.29. The molecule has 0 spiro atoms. The van der Waals surface area contributed by atoms with Crippen molar-refractivity contribution in [3.05, 3.63) is 52.9 Å². The van der Waals surface area contributed by atoms with Gasteiger partial charge >= 0.3 is 0 Å². The molecule has 1 aliphatic rings. The molecule has 6 heteroatoms. The molecule has 0 amide bonds. The zero-order valence-corrected chi connectivity index (χ0v) is 15.3. The van der Waals surface area contributed by atoms with Crippen LogP contribution in [0.3, 0.4) is 0 Å². The second-order valence-electron chi connectivity index (χ2n) is 6.75. The van der Waals surface area contributed by atoms with E-state index in [-0.39, 0.29) is 17.8 Å². The highest BCUT2D eigenvalue weighted by molar-refractivity contribution is 6.28. The molecule has 1 saturated heterocycles. The summed E-state index contributed by atoms with van der Waals surface area (Å²) in [6.45, 7) is 3.64. The van der Waals surface area contributed by atoms with Gasteiger partial charge in [-0.1, -0.05) is 25.1 Å². The van der Waals surface area contributed by atoms with E-state index in [1.165, 1.54) is 0 Å². The first kappa shape index (κ1) is 17.3. The first-order chi connectivity index (χ1) is 12.7. The lowest BCUT2D eigenvalue weighted by Crippen LogP contribution is -2.24. The third-order valence-electron chi connectivity index (χ3n) is 4.96. The van der Waals surface area contributed by atoms with E-state index in [9.17, 15) is 5.11 Å². The van der Waals surface area contributed by atoms with Crippen LogP contribution in [-0.2, 0) is 11.3 Å².